The van der Waals surface area contributed by atoms with Crippen molar-refractivity contribution in [3.63, 3.8) is 0 Å². The summed E-state index contributed by atoms with van der Waals surface area (Å²) in [6.07, 6.45) is 3.91. The Morgan fingerprint density at radius 3 is 2.76 bits per heavy atom. The predicted octanol–water partition coefficient (Wildman–Crippen LogP) is 2.72. The topological polar surface area (TPSA) is 58.5 Å². The molecule has 1 aromatic rings. The summed E-state index contributed by atoms with van der Waals surface area (Å²) < 4.78 is 5.73. The van der Waals surface area contributed by atoms with Gasteiger partial charge in [0.2, 0.25) is 5.88 Å². The van der Waals surface area contributed by atoms with Crippen LogP contribution in [0, 0.1) is 0 Å². The van der Waals surface area contributed by atoms with Crippen LogP contribution in [0.1, 0.15) is 46.1 Å². The highest BCUT2D eigenvalue weighted by Gasteiger charge is 2.12. The Kier molecular flexibility index (Phi) is 6.99. The van der Waals surface area contributed by atoms with E-state index < -0.39 is 0 Å². The molecule has 0 aromatic carbocycles. The molecule has 0 radical (unpaired) electrons. The Bertz CT molecular complexity index is 452. The normalized spacial score (nSPS) is 12.1. The number of nitrogens with zero attached hydrogens (tertiary/aromatic N) is 2. The lowest BCUT2D eigenvalue weighted by Gasteiger charge is -2.24. The summed E-state index contributed by atoms with van der Waals surface area (Å²) in [5, 5.41) is 6.62. The van der Waals surface area contributed by atoms with Crippen LogP contribution in [0.3, 0.4) is 0 Å². The molecule has 0 amide bonds. The minimum Gasteiger partial charge on any atom is -0.477 e. The number of aliphatic imine (C=N–C) groups is 1. The smallest absolute Gasteiger partial charge is 0.218 e. The number of rotatable bonds is 6. The van der Waals surface area contributed by atoms with Gasteiger partial charge in [-0.3, -0.25) is 4.99 Å². The molecule has 0 bridgehead atoms. The first-order valence-corrected chi connectivity index (χ1v) is 7.51. The van der Waals surface area contributed by atoms with Crippen LogP contribution in [0.25, 0.3) is 0 Å². The fourth-order valence-electron chi connectivity index (χ4n) is 1.72. The van der Waals surface area contributed by atoms with Gasteiger partial charge in [0.25, 0.3) is 0 Å². The zero-order valence-corrected chi connectivity index (χ0v) is 13.9. The first kappa shape index (κ1) is 17.3. The van der Waals surface area contributed by atoms with E-state index in [9.17, 15) is 0 Å². The van der Waals surface area contributed by atoms with E-state index in [1.54, 1.807) is 13.2 Å². The Morgan fingerprint density at radius 2 is 2.14 bits per heavy atom. The lowest BCUT2D eigenvalue weighted by atomic mass is 10.1. The molecule has 0 unspecified atom stereocenters. The fourth-order valence-corrected chi connectivity index (χ4v) is 1.72. The van der Waals surface area contributed by atoms with Gasteiger partial charge in [-0.15, -0.1) is 0 Å². The van der Waals surface area contributed by atoms with Gasteiger partial charge in [-0.05, 0) is 33.3 Å². The van der Waals surface area contributed by atoms with E-state index in [2.05, 4.69) is 48.3 Å². The summed E-state index contributed by atoms with van der Waals surface area (Å²) >= 11 is 0. The first-order valence-electron chi connectivity index (χ1n) is 7.51. The van der Waals surface area contributed by atoms with E-state index in [0.29, 0.717) is 19.0 Å². The number of ether oxygens (including phenoxy) is 1. The summed E-state index contributed by atoms with van der Waals surface area (Å²) in [5.74, 6) is 1.47. The molecule has 0 saturated heterocycles. The number of aromatic nitrogens is 1. The Morgan fingerprint density at radius 1 is 1.38 bits per heavy atom. The van der Waals surface area contributed by atoms with Gasteiger partial charge in [0.1, 0.15) is 0 Å². The van der Waals surface area contributed by atoms with Gasteiger partial charge in [-0.1, -0.05) is 19.4 Å². The maximum absolute atomic E-state index is 5.73. The summed E-state index contributed by atoms with van der Waals surface area (Å²) in [5.41, 5.74) is 1.00. The number of guanidine groups is 1. The highest BCUT2D eigenvalue weighted by Crippen LogP contribution is 2.14. The van der Waals surface area contributed by atoms with Crippen molar-refractivity contribution in [1.29, 1.82) is 0 Å². The number of unbranched alkanes of at least 4 members (excludes halogenated alkanes) is 1. The second-order valence-electron chi connectivity index (χ2n) is 5.97. The summed E-state index contributed by atoms with van der Waals surface area (Å²) in [6.45, 7) is 9.78. The van der Waals surface area contributed by atoms with E-state index >= 15 is 0 Å². The van der Waals surface area contributed by atoms with Crippen LogP contribution in [0.2, 0.25) is 0 Å². The average molecular weight is 292 g/mol. The van der Waals surface area contributed by atoms with E-state index in [0.717, 1.165) is 24.4 Å². The quantitative estimate of drug-likeness (QED) is 0.481. The summed E-state index contributed by atoms with van der Waals surface area (Å²) in [6, 6.07) is 3.94. The van der Waals surface area contributed by atoms with E-state index in [-0.39, 0.29) is 5.54 Å². The van der Waals surface area contributed by atoms with Crippen LogP contribution in [-0.2, 0) is 6.54 Å². The third-order valence-electron chi connectivity index (χ3n) is 2.75. The molecular formula is C16H28N4O. The van der Waals surface area contributed by atoms with Crippen LogP contribution in [0.15, 0.2) is 23.3 Å². The molecule has 21 heavy (non-hydrogen) atoms. The predicted molar refractivity (Wildman–Crippen MR) is 87.7 cm³/mol. The van der Waals surface area contributed by atoms with Crippen LogP contribution >= 0.6 is 0 Å². The minimum atomic E-state index is -0.0305. The zero-order valence-electron chi connectivity index (χ0n) is 13.9. The molecule has 0 fully saturated rings. The molecule has 0 aliphatic carbocycles. The summed E-state index contributed by atoms with van der Waals surface area (Å²) in [7, 11) is 1.77. The van der Waals surface area contributed by atoms with Crippen LogP contribution in [-0.4, -0.2) is 30.1 Å². The maximum Gasteiger partial charge on any atom is 0.218 e. The van der Waals surface area contributed by atoms with E-state index in [1.165, 1.54) is 0 Å². The van der Waals surface area contributed by atoms with Gasteiger partial charge >= 0.3 is 0 Å². The molecule has 1 rings (SSSR count). The molecule has 1 heterocycles. The van der Waals surface area contributed by atoms with Crippen molar-refractivity contribution >= 4 is 5.96 Å². The lowest BCUT2D eigenvalue weighted by molar-refractivity contribution is 0.294. The average Bonchev–Trinajstić information content (AvgIpc) is 2.43. The van der Waals surface area contributed by atoms with Crippen molar-refractivity contribution in [2.24, 2.45) is 4.99 Å². The van der Waals surface area contributed by atoms with Gasteiger partial charge in [0, 0.05) is 30.9 Å². The van der Waals surface area contributed by atoms with E-state index in [1.807, 2.05) is 12.1 Å². The van der Waals surface area contributed by atoms with E-state index in [4.69, 9.17) is 4.74 Å². The third kappa shape index (κ3) is 6.97. The van der Waals surface area contributed by atoms with Gasteiger partial charge in [-0.2, -0.15) is 0 Å². The second-order valence-corrected chi connectivity index (χ2v) is 5.97. The van der Waals surface area contributed by atoms with Crippen molar-refractivity contribution in [1.82, 2.24) is 15.6 Å². The second kappa shape index (κ2) is 8.49. The SMILES string of the molecule is CCCCOc1ncccc1CNC(=NC)NC(C)(C)C. The highest BCUT2D eigenvalue weighted by atomic mass is 16.5. The molecule has 1 aromatic heterocycles. The van der Waals surface area contributed by atoms with Gasteiger partial charge in [-0.25, -0.2) is 4.98 Å². The van der Waals surface area contributed by atoms with Crippen LogP contribution in [0.5, 0.6) is 5.88 Å². The molecule has 0 aliphatic rings. The molecule has 2 N–H and O–H groups in total. The molecule has 118 valence electrons. The molecule has 0 spiro atoms. The first-order chi connectivity index (χ1) is 9.96. The Labute approximate surface area is 128 Å². The maximum atomic E-state index is 5.73. The molecule has 0 aliphatic heterocycles. The van der Waals surface area contributed by atoms with Gasteiger partial charge < -0.3 is 15.4 Å². The molecule has 5 heteroatoms. The number of nitrogens with one attached hydrogen (secondary N) is 2. The number of pyridine rings is 1. The van der Waals surface area contributed by atoms with Gasteiger partial charge in [0.05, 0.1) is 6.61 Å². The highest BCUT2D eigenvalue weighted by molar-refractivity contribution is 5.80. The largest absolute Gasteiger partial charge is 0.477 e. The molecule has 0 saturated carbocycles. The van der Waals surface area contributed by atoms with Crippen LogP contribution < -0.4 is 15.4 Å². The van der Waals surface area contributed by atoms with Crippen molar-refractivity contribution in [2.75, 3.05) is 13.7 Å². The van der Waals surface area contributed by atoms with Crippen molar-refractivity contribution < 1.29 is 4.74 Å². The third-order valence-corrected chi connectivity index (χ3v) is 2.75. The van der Waals surface area contributed by atoms with Crippen molar-refractivity contribution in [3.05, 3.63) is 23.9 Å². The number of hydrogen-bond acceptors (Lipinski definition) is 3. The van der Waals surface area contributed by atoms with Crippen molar-refractivity contribution in [3.8, 4) is 5.88 Å². The lowest BCUT2D eigenvalue weighted by Crippen LogP contribution is -2.47. The Hall–Kier alpha value is -1.78. The van der Waals surface area contributed by atoms with Gasteiger partial charge in [0.15, 0.2) is 5.96 Å². The summed E-state index contributed by atoms with van der Waals surface area (Å²) in [4.78, 5) is 8.53. The van der Waals surface area contributed by atoms with Crippen molar-refractivity contribution in [2.45, 2.75) is 52.6 Å². The fraction of sp³-hybridized carbons (Fsp3) is 0.625. The number of hydrogen-bond donors (Lipinski definition) is 2. The van der Waals surface area contributed by atoms with Crippen LogP contribution in [0.4, 0.5) is 0 Å². The molecular weight excluding hydrogens is 264 g/mol. The monoisotopic (exact) mass is 292 g/mol. The Balaban J connectivity index is 2.61. The molecule has 0 atom stereocenters. The zero-order chi connectivity index (χ0) is 15.7. The standard InChI is InChI=1S/C16H28N4O/c1-6-7-11-21-14-13(9-8-10-18-14)12-19-15(17-5)20-16(2,3)4/h8-10H,6-7,11-12H2,1-5H3,(H2,17,19,20). The molecule has 5 nitrogen and oxygen atoms in total. The minimum absolute atomic E-state index is 0.0305.